The molecule has 1 saturated heterocycles. The molecule has 0 spiro atoms. The van der Waals surface area contributed by atoms with E-state index in [-0.39, 0.29) is 6.03 Å². The Hall–Kier alpha value is -2.34. The number of nitrogens with one attached hydrogen (secondary N) is 1. The number of carbonyl (C=O) groups excluding carboxylic acids is 1. The predicted molar refractivity (Wildman–Crippen MR) is 83.7 cm³/mol. The highest BCUT2D eigenvalue weighted by atomic mass is 16.3. The van der Waals surface area contributed by atoms with Crippen molar-refractivity contribution < 1.29 is 9.90 Å². The van der Waals surface area contributed by atoms with Gasteiger partial charge in [-0.05, 0) is 18.9 Å². The summed E-state index contributed by atoms with van der Waals surface area (Å²) in [6.07, 6.45) is 0.220. The summed E-state index contributed by atoms with van der Waals surface area (Å²) in [5, 5.41) is 16.9. The molecule has 6 heteroatoms. The number of anilines is 1. The maximum atomic E-state index is 12.2. The Balaban J connectivity index is 1.72. The minimum absolute atomic E-state index is 0.189. The van der Waals surface area contributed by atoms with E-state index in [0.29, 0.717) is 31.9 Å². The first-order chi connectivity index (χ1) is 10.6. The molecule has 116 valence electrons. The SMILES string of the molecule is Cc1cc(NC(=O)N2CC[C@H](O)C2)n(Cc2ccccc2)n1. The lowest BCUT2D eigenvalue weighted by Crippen LogP contribution is -2.34. The lowest BCUT2D eigenvalue weighted by atomic mass is 10.2. The molecule has 6 nitrogen and oxygen atoms in total. The molecule has 22 heavy (non-hydrogen) atoms. The number of hydrogen-bond donors (Lipinski definition) is 2. The summed E-state index contributed by atoms with van der Waals surface area (Å²) in [6.45, 7) is 3.47. The van der Waals surface area contributed by atoms with E-state index in [1.54, 1.807) is 9.58 Å². The molecule has 1 aromatic carbocycles. The zero-order valence-corrected chi connectivity index (χ0v) is 12.6. The number of aryl methyl sites for hydroxylation is 1. The second-order valence-electron chi connectivity index (χ2n) is 5.63. The van der Waals surface area contributed by atoms with Crippen LogP contribution in [0, 0.1) is 6.92 Å². The molecule has 3 rings (SSSR count). The van der Waals surface area contributed by atoms with Crippen LogP contribution in [0.3, 0.4) is 0 Å². The first kappa shape index (κ1) is 14.6. The molecule has 2 N–H and O–H groups in total. The van der Waals surface area contributed by atoms with Crippen molar-refractivity contribution in [3.05, 3.63) is 47.7 Å². The smallest absolute Gasteiger partial charge is 0.323 e. The number of urea groups is 1. The Morgan fingerprint density at radius 3 is 2.86 bits per heavy atom. The predicted octanol–water partition coefficient (Wildman–Crippen LogP) is 1.84. The van der Waals surface area contributed by atoms with Gasteiger partial charge in [0.05, 0.1) is 18.3 Å². The molecule has 2 amide bonds. The number of carbonyl (C=O) groups is 1. The first-order valence-electron chi connectivity index (χ1n) is 7.44. The molecule has 1 atom stereocenters. The van der Waals surface area contributed by atoms with E-state index in [1.165, 1.54) is 0 Å². The lowest BCUT2D eigenvalue weighted by Gasteiger charge is -2.17. The lowest BCUT2D eigenvalue weighted by molar-refractivity contribution is 0.176. The zero-order valence-electron chi connectivity index (χ0n) is 12.6. The standard InChI is InChI=1S/C16H20N4O2/c1-12-9-15(17-16(22)19-8-7-14(21)11-19)20(18-12)10-13-5-3-2-4-6-13/h2-6,9,14,21H,7-8,10-11H2,1H3,(H,17,22)/t14-/m0/s1. The van der Waals surface area contributed by atoms with Gasteiger partial charge in [0.15, 0.2) is 0 Å². The Kier molecular flexibility index (Phi) is 4.11. The third-order valence-electron chi connectivity index (χ3n) is 3.76. The Morgan fingerprint density at radius 1 is 1.41 bits per heavy atom. The largest absolute Gasteiger partial charge is 0.391 e. The summed E-state index contributed by atoms with van der Waals surface area (Å²) >= 11 is 0. The molecular weight excluding hydrogens is 280 g/mol. The van der Waals surface area contributed by atoms with Gasteiger partial charge in [0, 0.05) is 19.2 Å². The van der Waals surface area contributed by atoms with Crippen LogP contribution in [0.15, 0.2) is 36.4 Å². The van der Waals surface area contributed by atoms with Gasteiger partial charge in [0.1, 0.15) is 5.82 Å². The Labute approximate surface area is 129 Å². The molecule has 1 aliphatic heterocycles. The highest BCUT2D eigenvalue weighted by molar-refractivity contribution is 5.88. The number of hydrogen-bond acceptors (Lipinski definition) is 3. The summed E-state index contributed by atoms with van der Waals surface area (Å²) in [5.74, 6) is 0.674. The minimum Gasteiger partial charge on any atom is -0.391 e. The van der Waals surface area contributed by atoms with Gasteiger partial charge in [0.25, 0.3) is 0 Å². The number of amides is 2. The van der Waals surface area contributed by atoms with E-state index in [4.69, 9.17) is 0 Å². The zero-order chi connectivity index (χ0) is 15.5. The fourth-order valence-corrected chi connectivity index (χ4v) is 2.64. The number of likely N-dealkylation sites (tertiary alicyclic amines) is 1. The maximum absolute atomic E-state index is 12.2. The summed E-state index contributed by atoms with van der Waals surface area (Å²) in [6, 6.07) is 11.7. The normalized spacial score (nSPS) is 17.7. The van der Waals surface area contributed by atoms with Crippen LogP contribution >= 0.6 is 0 Å². The van der Waals surface area contributed by atoms with E-state index >= 15 is 0 Å². The number of benzene rings is 1. The fraction of sp³-hybridized carbons (Fsp3) is 0.375. The van der Waals surface area contributed by atoms with E-state index in [0.717, 1.165) is 11.3 Å². The third-order valence-corrected chi connectivity index (χ3v) is 3.76. The molecule has 0 aliphatic carbocycles. The van der Waals surface area contributed by atoms with Crippen LogP contribution in [0.4, 0.5) is 10.6 Å². The van der Waals surface area contributed by atoms with Crippen molar-refractivity contribution in [2.24, 2.45) is 0 Å². The molecule has 0 saturated carbocycles. The Morgan fingerprint density at radius 2 is 2.18 bits per heavy atom. The van der Waals surface area contributed by atoms with Crippen molar-refractivity contribution in [2.45, 2.75) is 26.0 Å². The third kappa shape index (κ3) is 3.28. The second-order valence-corrected chi connectivity index (χ2v) is 5.63. The van der Waals surface area contributed by atoms with Crippen molar-refractivity contribution in [3.63, 3.8) is 0 Å². The second kappa shape index (κ2) is 6.19. The highest BCUT2D eigenvalue weighted by Gasteiger charge is 2.25. The molecule has 1 aliphatic rings. The molecule has 1 aromatic heterocycles. The van der Waals surface area contributed by atoms with Crippen LogP contribution in [0.5, 0.6) is 0 Å². The van der Waals surface area contributed by atoms with E-state index in [1.807, 2.05) is 43.3 Å². The first-order valence-corrected chi connectivity index (χ1v) is 7.44. The van der Waals surface area contributed by atoms with Crippen molar-refractivity contribution in [2.75, 3.05) is 18.4 Å². The monoisotopic (exact) mass is 300 g/mol. The van der Waals surface area contributed by atoms with E-state index < -0.39 is 6.10 Å². The molecule has 0 unspecified atom stereocenters. The highest BCUT2D eigenvalue weighted by Crippen LogP contribution is 2.16. The van der Waals surface area contributed by atoms with Crippen LogP contribution in [-0.2, 0) is 6.54 Å². The average molecular weight is 300 g/mol. The average Bonchev–Trinajstić information content (AvgIpc) is 3.07. The summed E-state index contributed by atoms with van der Waals surface area (Å²) < 4.78 is 1.79. The van der Waals surface area contributed by atoms with Gasteiger partial charge in [-0.1, -0.05) is 30.3 Å². The molecular formula is C16H20N4O2. The number of β-amino-alcohol motifs (C(OH)–C–C–N with tert-alkyl or cyclic N) is 1. The van der Waals surface area contributed by atoms with Gasteiger partial charge in [-0.3, -0.25) is 5.32 Å². The number of aliphatic hydroxyl groups excluding tert-OH is 1. The van der Waals surface area contributed by atoms with Crippen LogP contribution in [0.25, 0.3) is 0 Å². The van der Waals surface area contributed by atoms with Gasteiger partial charge in [0.2, 0.25) is 0 Å². The van der Waals surface area contributed by atoms with Crippen molar-refractivity contribution in [3.8, 4) is 0 Å². The quantitative estimate of drug-likeness (QED) is 0.908. The maximum Gasteiger partial charge on any atom is 0.323 e. The number of nitrogens with zero attached hydrogens (tertiary/aromatic N) is 3. The van der Waals surface area contributed by atoms with Crippen molar-refractivity contribution >= 4 is 11.8 Å². The van der Waals surface area contributed by atoms with Crippen LogP contribution in [0.1, 0.15) is 17.7 Å². The van der Waals surface area contributed by atoms with Crippen LogP contribution in [0.2, 0.25) is 0 Å². The summed E-state index contributed by atoms with van der Waals surface area (Å²) in [5.41, 5.74) is 1.98. The van der Waals surface area contributed by atoms with Crippen molar-refractivity contribution in [1.82, 2.24) is 14.7 Å². The van der Waals surface area contributed by atoms with Gasteiger partial charge >= 0.3 is 6.03 Å². The van der Waals surface area contributed by atoms with E-state index in [9.17, 15) is 9.90 Å². The molecule has 1 fully saturated rings. The van der Waals surface area contributed by atoms with Gasteiger partial charge in [-0.2, -0.15) is 5.10 Å². The number of aliphatic hydroxyl groups is 1. The van der Waals surface area contributed by atoms with Gasteiger partial charge in [-0.25, -0.2) is 9.48 Å². The molecule has 0 radical (unpaired) electrons. The molecule has 0 bridgehead atoms. The van der Waals surface area contributed by atoms with Crippen LogP contribution in [-0.4, -0.2) is 45.0 Å². The number of aromatic nitrogens is 2. The summed E-state index contributed by atoms with van der Waals surface area (Å²) in [7, 11) is 0. The van der Waals surface area contributed by atoms with Crippen LogP contribution < -0.4 is 5.32 Å². The number of rotatable bonds is 3. The molecule has 2 heterocycles. The van der Waals surface area contributed by atoms with Gasteiger partial charge < -0.3 is 10.0 Å². The van der Waals surface area contributed by atoms with E-state index in [2.05, 4.69) is 10.4 Å². The Bertz CT molecular complexity index is 653. The van der Waals surface area contributed by atoms with Crippen molar-refractivity contribution in [1.29, 1.82) is 0 Å². The topological polar surface area (TPSA) is 70.4 Å². The fourth-order valence-electron chi connectivity index (χ4n) is 2.64. The molecule has 2 aromatic rings. The van der Waals surface area contributed by atoms with Gasteiger partial charge in [-0.15, -0.1) is 0 Å². The minimum atomic E-state index is -0.415. The summed E-state index contributed by atoms with van der Waals surface area (Å²) in [4.78, 5) is 13.9.